The van der Waals surface area contributed by atoms with Crippen LogP contribution in [0.4, 0.5) is 0 Å². The Morgan fingerprint density at radius 1 is 0.650 bits per heavy atom. The number of carbonyl (C=O) groups is 1. The van der Waals surface area contributed by atoms with E-state index in [-0.39, 0.29) is 5.78 Å². The Morgan fingerprint density at radius 3 is 1.30 bits per heavy atom. The highest BCUT2D eigenvalue weighted by atomic mass is 16.7. The SMILES string of the molecule is CCOC(C)O[C@H](C)c1cc(OC(C)(C)C)ccc1C(=O)c1ccc(OC(C)(C)C)cc1[C@@H](C)OC(C)OCC. The molecule has 2 aromatic carbocycles. The molecule has 2 unspecified atom stereocenters. The summed E-state index contributed by atoms with van der Waals surface area (Å²) < 4.78 is 35.7. The van der Waals surface area contributed by atoms with Gasteiger partial charge in [0, 0.05) is 24.3 Å². The molecule has 0 bridgehead atoms. The van der Waals surface area contributed by atoms with Crippen LogP contribution < -0.4 is 9.47 Å². The average Bonchev–Trinajstić information content (AvgIpc) is 2.81. The van der Waals surface area contributed by atoms with Gasteiger partial charge in [-0.2, -0.15) is 0 Å². The van der Waals surface area contributed by atoms with Crippen molar-refractivity contribution in [1.29, 1.82) is 0 Å². The summed E-state index contributed by atoms with van der Waals surface area (Å²) in [6, 6.07) is 11.0. The summed E-state index contributed by atoms with van der Waals surface area (Å²) in [5.74, 6) is 1.18. The molecule has 0 spiro atoms. The lowest BCUT2D eigenvalue weighted by atomic mass is 9.91. The Morgan fingerprint density at radius 2 is 1.00 bits per heavy atom. The minimum absolute atomic E-state index is 0.145. The zero-order valence-corrected chi connectivity index (χ0v) is 26.5. The van der Waals surface area contributed by atoms with Gasteiger partial charge in [0.2, 0.25) is 0 Å². The maximum absolute atomic E-state index is 14.3. The first-order valence-electron chi connectivity index (χ1n) is 14.3. The second-order valence-corrected chi connectivity index (χ2v) is 11.9. The van der Waals surface area contributed by atoms with Crippen molar-refractivity contribution >= 4 is 5.78 Å². The predicted molar refractivity (Wildman–Crippen MR) is 158 cm³/mol. The normalized spacial score (nSPS) is 15.3. The highest BCUT2D eigenvalue weighted by molar-refractivity contribution is 6.11. The van der Waals surface area contributed by atoms with Gasteiger partial charge in [-0.25, -0.2) is 0 Å². The molecule has 4 atom stereocenters. The van der Waals surface area contributed by atoms with Crippen LogP contribution in [-0.2, 0) is 18.9 Å². The van der Waals surface area contributed by atoms with Gasteiger partial charge in [0.15, 0.2) is 18.4 Å². The molecule has 0 amide bonds. The lowest BCUT2D eigenvalue weighted by molar-refractivity contribution is -0.154. The van der Waals surface area contributed by atoms with Crippen molar-refractivity contribution in [1.82, 2.24) is 0 Å². The largest absolute Gasteiger partial charge is 0.488 e. The van der Waals surface area contributed by atoms with E-state index in [4.69, 9.17) is 28.4 Å². The van der Waals surface area contributed by atoms with Gasteiger partial charge in [-0.05, 0) is 131 Å². The number of benzene rings is 2. The zero-order valence-electron chi connectivity index (χ0n) is 26.5. The van der Waals surface area contributed by atoms with Crippen LogP contribution in [0.15, 0.2) is 36.4 Å². The minimum Gasteiger partial charge on any atom is -0.488 e. The van der Waals surface area contributed by atoms with E-state index in [1.807, 2.05) is 119 Å². The molecule has 0 aromatic heterocycles. The summed E-state index contributed by atoms with van der Waals surface area (Å²) in [6.45, 7) is 24.3. The second-order valence-electron chi connectivity index (χ2n) is 11.9. The third-order valence-corrected chi connectivity index (χ3v) is 5.85. The summed E-state index contributed by atoms with van der Waals surface area (Å²) >= 11 is 0. The molecule has 0 saturated carbocycles. The van der Waals surface area contributed by atoms with Gasteiger partial charge in [-0.15, -0.1) is 0 Å². The van der Waals surface area contributed by atoms with E-state index in [2.05, 4.69) is 0 Å². The first-order valence-corrected chi connectivity index (χ1v) is 14.3. The maximum atomic E-state index is 14.3. The Hall–Kier alpha value is -2.45. The lowest BCUT2D eigenvalue weighted by Crippen LogP contribution is -2.24. The van der Waals surface area contributed by atoms with Crippen molar-refractivity contribution < 1.29 is 33.2 Å². The van der Waals surface area contributed by atoms with E-state index in [9.17, 15) is 4.79 Å². The van der Waals surface area contributed by atoms with Crippen molar-refractivity contribution in [3.63, 3.8) is 0 Å². The molecular weight excluding hydrogens is 508 g/mol. The van der Waals surface area contributed by atoms with Crippen LogP contribution in [0.1, 0.15) is 122 Å². The van der Waals surface area contributed by atoms with Gasteiger partial charge in [0.1, 0.15) is 22.7 Å². The van der Waals surface area contributed by atoms with E-state index >= 15 is 0 Å². The molecule has 7 nitrogen and oxygen atoms in total. The molecule has 2 aromatic rings. The molecule has 0 saturated heterocycles. The fraction of sp³-hybridized carbons (Fsp3) is 0.606. The summed E-state index contributed by atoms with van der Waals surface area (Å²) in [4.78, 5) is 14.3. The van der Waals surface area contributed by atoms with Crippen LogP contribution in [-0.4, -0.2) is 42.8 Å². The fourth-order valence-electron chi connectivity index (χ4n) is 4.42. The molecule has 40 heavy (non-hydrogen) atoms. The molecule has 2 rings (SSSR count). The van der Waals surface area contributed by atoms with Crippen molar-refractivity contribution in [3.05, 3.63) is 58.7 Å². The molecule has 0 N–H and O–H groups in total. The number of carbonyl (C=O) groups excluding carboxylic acids is 1. The summed E-state index contributed by atoms with van der Waals surface area (Å²) in [7, 11) is 0. The van der Waals surface area contributed by atoms with Crippen molar-refractivity contribution in [2.75, 3.05) is 13.2 Å². The molecule has 0 aliphatic carbocycles. The summed E-state index contributed by atoms with van der Waals surface area (Å²) in [5, 5.41) is 0. The number of rotatable bonds is 14. The topological polar surface area (TPSA) is 72.5 Å². The fourth-order valence-corrected chi connectivity index (χ4v) is 4.42. The lowest BCUT2D eigenvalue weighted by Gasteiger charge is -2.26. The number of ether oxygens (including phenoxy) is 6. The molecular formula is C33H50O7. The van der Waals surface area contributed by atoms with E-state index < -0.39 is 36.0 Å². The quantitative estimate of drug-likeness (QED) is 0.171. The van der Waals surface area contributed by atoms with E-state index in [0.717, 1.165) is 11.1 Å². The molecule has 0 fully saturated rings. The highest BCUT2D eigenvalue weighted by Crippen LogP contribution is 2.34. The van der Waals surface area contributed by atoms with Gasteiger partial charge < -0.3 is 28.4 Å². The third kappa shape index (κ3) is 10.5. The van der Waals surface area contributed by atoms with Gasteiger partial charge >= 0.3 is 0 Å². The first kappa shape index (κ1) is 33.8. The Balaban J connectivity index is 2.62. The van der Waals surface area contributed by atoms with Gasteiger partial charge in [-0.3, -0.25) is 4.79 Å². The van der Waals surface area contributed by atoms with Crippen molar-refractivity contribution in [3.8, 4) is 11.5 Å². The smallest absolute Gasteiger partial charge is 0.193 e. The van der Waals surface area contributed by atoms with Crippen LogP contribution in [0, 0.1) is 0 Å². The first-order chi connectivity index (χ1) is 18.5. The van der Waals surface area contributed by atoms with Gasteiger partial charge in [0.05, 0.1) is 12.2 Å². The molecule has 0 aliphatic heterocycles. The van der Waals surface area contributed by atoms with Crippen LogP contribution in [0.25, 0.3) is 0 Å². The monoisotopic (exact) mass is 558 g/mol. The zero-order chi connectivity index (χ0) is 30.3. The highest BCUT2D eigenvalue weighted by Gasteiger charge is 2.26. The van der Waals surface area contributed by atoms with Gasteiger partial charge in [0.25, 0.3) is 0 Å². The Bertz CT molecular complexity index is 1010. The summed E-state index contributed by atoms with van der Waals surface area (Å²) in [5.41, 5.74) is 1.68. The molecule has 7 heteroatoms. The van der Waals surface area contributed by atoms with Crippen molar-refractivity contribution in [2.24, 2.45) is 0 Å². The molecule has 0 radical (unpaired) electrons. The Labute approximate surface area is 241 Å². The molecule has 224 valence electrons. The molecule has 0 aliphatic rings. The van der Waals surface area contributed by atoms with E-state index in [1.54, 1.807) is 0 Å². The third-order valence-electron chi connectivity index (χ3n) is 5.85. The molecule has 0 heterocycles. The number of hydrogen-bond acceptors (Lipinski definition) is 7. The number of hydrogen-bond donors (Lipinski definition) is 0. The van der Waals surface area contributed by atoms with Crippen molar-refractivity contribution in [2.45, 2.75) is 119 Å². The number of ketones is 1. The van der Waals surface area contributed by atoms with Crippen LogP contribution in [0.5, 0.6) is 11.5 Å². The van der Waals surface area contributed by atoms with E-state index in [1.165, 1.54) is 0 Å². The summed E-state index contributed by atoms with van der Waals surface area (Å²) in [6.07, 6.45) is -1.73. The van der Waals surface area contributed by atoms with E-state index in [0.29, 0.717) is 35.8 Å². The Kier molecular flexibility index (Phi) is 12.2. The maximum Gasteiger partial charge on any atom is 0.193 e. The standard InChI is InChI=1S/C33H50O7/c1-13-35-23(5)37-21(3)29-19-25(39-32(7,8)9)15-17-27(29)31(34)28-18-16-26(40-33(10,11)12)20-30(28)22(4)38-24(6)36-14-2/h15-24H,13-14H2,1-12H3/t21-,22-,23?,24?/m1/s1. The van der Waals surface area contributed by atoms with Crippen LogP contribution in [0.3, 0.4) is 0 Å². The predicted octanol–water partition coefficient (Wildman–Crippen LogP) is 8.19. The average molecular weight is 559 g/mol. The van der Waals surface area contributed by atoms with Crippen LogP contribution in [0.2, 0.25) is 0 Å². The minimum atomic E-state index is -0.437. The second kappa shape index (κ2) is 14.4. The van der Waals surface area contributed by atoms with Crippen LogP contribution >= 0.6 is 0 Å². The van der Waals surface area contributed by atoms with Gasteiger partial charge in [-0.1, -0.05) is 0 Å².